The Bertz CT molecular complexity index is 774. The maximum Gasteiger partial charge on any atom is 0.191 e. The minimum atomic E-state index is -0.322. The maximum atomic E-state index is 13.2. The Hall–Kier alpha value is -2.23. The van der Waals surface area contributed by atoms with Crippen molar-refractivity contribution in [1.29, 1.82) is 0 Å². The molecule has 0 saturated heterocycles. The van der Waals surface area contributed by atoms with E-state index < -0.39 is 0 Å². The standard InChI is InChI=1S/C20H26FN3O3.HI/c1-14(27-17-9-6-8-16(21)11-17)12-23-20(22-2)24-13-15-7-5-10-18(25-3)19(15)26-4;/h5-11,14H,12-13H2,1-4H3,(H2,22,23,24);1H. The Kier molecular flexibility index (Phi) is 10.4. The predicted octanol–water partition coefficient (Wildman–Crippen LogP) is 3.59. The number of aliphatic imine (C=N–C) groups is 1. The van der Waals surface area contributed by atoms with E-state index >= 15 is 0 Å². The summed E-state index contributed by atoms with van der Waals surface area (Å²) in [6, 6.07) is 11.8. The van der Waals surface area contributed by atoms with Gasteiger partial charge in [0.25, 0.3) is 0 Å². The zero-order valence-electron chi connectivity index (χ0n) is 16.5. The molecule has 0 aromatic heterocycles. The first-order valence-electron chi connectivity index (χ1n) is 8.64. The van der Waals surface area contributed by atoms with E-state index in [4.69, 9.17) is 14.2 Å². The summed E-state index contributed by atoms with van der Waals surface area (Å²) in [6.07, 6.45) is -0.170. The van der Waals surface area contributed by atoms with Crippen molar-refractivity contribution in [3.05, 3.63) is 53.8 Å². The van der Waals surface area contributed by atoms with E-state index in [9.17, 15) is 4.39 Å². The fraction of sp³-hybridized carbons (Fsp3) is 0.350. The molecule has 2 aromatic carbocycles. The summed E-state index contributed by atoms with van der Waals surface area (Å²) in [5.74, 6) is 2.16. The van der Waals surface area contributed by atoms with Crippen molar-refractivity contribution >= 4 is 29.9 Å². The molecule has 6 nitrogen and oxygen atoms in total. The van der Waals surface area contributed by atoms with Crippen molar-refractivity contribution in [2.24, 2.45) is 4.99 Å². The fourth-order valence-electron chi connectivity index (χ4n) is 2.55. The van der Waals surface area contributed by atoms with Crippen LogP contribution in [0.25, 0.3) is 0 Å². The summed E-state index contributed by atoms with van der Waals surface area (Å²) in [4.78, 5) is 4.20. The van der Waals surface area contributed by atoms with Crippen LogP contribution in [0.3, 0.4) is 0 Å². The Labute approximate surface area is 182 Å². The van der Waals surface area contributed by atoms with Crippen LogP contribution in [0.5, 0.6) is 17.2 Å². The lowest BCUT2D eigenvalue weighted by Gasteiger charge is -2.18. The van der Waals surface area contributed by atoms with Crippen LogP contribution in [0.4, 0.5) is 4.39 Å². The number of nitrogens with one attached hydrogen (secondary N) is 2. The number of hydrogen-bond donors (Lipinski definition) is 2. The van der Waals surface area contributed by atoms with Gasteiger partial charge in [-0.2, -0.15) is 0 Å². The lowest BCUT2D eigenvalue weighted by Crippen LogP contribution is -2.41. The quantitative estimate of drug-likeness (QED) is 0.328. The van der Waals surface area contributed by atoms with Crippen LogP contribution in [0, 0.1) is 5.82 Å². The second-order valence-electron chi connectivity index (χ2n) is 5.85. The fourth-order valence-corrected chi connectivity index (χ4v) is 2.55. The van der Waals surface area contributed by atoms with Crippen LogP contribution in [-0.2, 0) is 6.54 Å². The highest BCUT2D eigenvalue weighted by Gasteiger charge is 2.11. The second kappa shape index (κ2) is 12.3. The van der Waals surface area contributed by atoms with Gasteiger partial charge in [-0.25, -0.2) is 4.39 Å². The minimum absolute atomic E-state index is 0. The predicted molar refractivity (Wildman–Crippen MR) is 120 cm³/mol. The summed E-state index contributed by atoms with van der Waals surface area (Å²) in [5.41, 5.74) is 0.948. The van der Waals surface area contributed by atoms with Gasteiger partial charge >= 0.3 is 0 Å². The van der Waals surface area contributed by atoms with Gasteiger partial charge in [0.2, 0.25) is 0 Å². The summed E-state index contributed by atoms with van der Waals surface area (Å²) in [5, 5.41) is 6.42. The summed E-state index contributed by atoms with van der Waals surface area (Å²) in [7, 11) is 4.91. The number of methoxy groups -OCH3 is 2. The van der Waals surface area contributed by atoms with E-state index in [1.165, 1.54) is 12.1 Å². The Morgan fingerprint density at radius 2 is 1.86 bits per heavy atom. The summed E-state index contributed by atoms with van der Waals surface area (Å²) >= 11 is 0. The molecule has 0 saturated carbocycles. The average Bonchev–Trinajstić information content (AvgIpc) is 2.67. The normalized spacial score (nSPS) is 11.8. The summed E-state index contributed by atoms with van der Waals surface area (Å²) < 4.78 is 29.7. The average molecular weight is 503 g/mol. The summed E-state index contributed by atoms with van der Waals surface area (Å²) in [6.45, 7) is 2.92. The molecule has 1 unspecified atom stereocenters. The first-order chi connectivity index (χ1) is 13.1. The topological polar surface area (TPSA) is 64.1 Å². The molecule has 0 radical (unpaired) electrons. The molecule has 0 amide bonds. The zero-order valence-corrected chi connectivity index (χ0v) is 18.8. The molecule has 0 aliphatic heterocycles. The van der Waals surface area contributed by atoms with Crippen molar-refractivity contribution < 1.29 is 18.6 Å². The Morgan fingerprint density at radius 1 is 1.11 bits per heavy atom. The van der Waals surface area contributed by atoms with Gasteiger partial charge in [0.05, 0.1) is 20.8 Å². The number of para-hydroxylation sites is 1. The van der Waals surface area contributed by atoms with Crippen molar-refractivity contribution in [2.75, 3.05) is 27.8 Å². The van der Waals surface area contributed by atoms with E-state index in [2.05, 4.69) is 15.6 Å². The molecule has 2 aromatic rings. The Morgan fingerprint density at radius 3 is 2.50 bits per heavy atom. The molecule has 0 aliphatic carbocycles. The number of nitrogens with zero attached hydrogens (tertiary/aromatic N) is 1. The lowest BCUT2D eigenvalue weighted by atomic mass is 10.2. The van der Waals surface area contributed by atoms with E-state index in [1.807, 2.05) is 25.1 Å². The zero-order chi connectivity index (χ0) is 19.6. The van der Waals surface area contributed by atoms with Crippen LogP contribution < -0.4 is 24.8 Å². The van der Waals surface area contributed by atoms with Gasteiger partial charge in [-0.3, -0.25) is 4.99 Å². The monoisotopic (exact) mass is 503 g/mol. The van der Waals surface area contributed by atoms with Crippen LogP contribution in [0.1, 0.15) is 12.5 Å². The van der Waals surface area contributed by atoms with Gasteiger partial charge in [0.15, 0.2) is 17.5 Å². The van der Waals surface area contributed by atoms with E-state index in [0.717, 1.165) is 5.56 Å². The van der Waals surface area contributed by atoms with Crippen molar-refractivity contribution in [2.45, 2.75) is 19.6 Å². The first kappa shape index (κ1) is 23.8. The van der Waals surface area contributed by atoms with Gasteiger partial charge < -0.3 is 24.8 Å². The van der Waals surface area contributed by atoms with Crippen LogP contribution in [0.2, 0.25) is 0 Å². The molecule has 0 spiro atoms. The van der Waals surface area contributed by atoms with E-state index in [-0.39, 0.29) is 35.9 Å². The largest absolute Gasteiger partial charge is 0.493 e. The highest BCUT2D eigenvalue weighted by molar-refractivity contribution is 14.0. The maximum absolute atomic E-state index is 13.2. The molecule has 2 N–H and O–H groups in total. The first-order valence-corrected chi connectivity index (χ1v) is 8.64. The molecule has 28 heavy (non-hydrogen) atoms. The molecule has 1 atom stereocenters. The third kappa shape index (κ3) is 7.06. The number of benzene rings is 2. The number of guanidine groups is 1. The van der Waals surface area contributed by atoms with Gasteiger partial charge in [0.1, 0.15) is 17.7 Å². The van der Waals surface area contributed by atoms with E-state index in [0.29, 0.717) is 36.3 Å². The second-order valence-corrected chi connectivity index (χ2v) is 5.85. The van der Waals surface area contributed by atoms with Crippen molar-refractivity contribution in [3.8, 4) is 17.2 Å². The molecular weight excluding hydrogens is 476 g/mol. The molecule has 154 valence electrons. The number of rotatable bonds is 8. The van der Waals surface area contributed by atoms with Crippen molar-refractivity contribution in [1.82, 2.24) is 10.6 Å². The van der Waals surface area contributed by atoms with Crippen LogP contribution in [-0.4, -0.2) is 39.9 Å². The number of ether oxygens (including phenoxy) is 3. The van der Waals surface area contributed by atoms with Crippen molar-refractivity contribution in [3.63, 3.8) is 0 Å². The number of hydrogen-bond acceptors (Lipinski definition) is 4. The SMILES string of the molecule is CN=C(NCc1cccc(OC)c1OC)NCC(C)Oc1cccc(F)c1.I. The molecular formula is C20H27FIN3O3. The van der Waals surface area contributed by atoms with E-state index in [1.54, 1.807) is 33.4 Å². The van der Waals surface area contributed by atoms with Crippen LogP contribution >= 0.6 is 24.0 Å². The smallest absolute Gasteiger partial charge is 0.191 e. The third-order valence-electron chi connectivity index (χ3n) is 3.84. The Balaban J connectivity index is 0.00000392. The molecule has 2 rings (SSSR count). The molecule has 0 bridgehead atoms. The molecule has 0 heterocycles. The molecule has 8 heteroatoms. The van der Waals surface area contributed by atoms with Gasteiger partial charge in [-0.15, -0.1) is 24.0 Å². The molecule has 0 aliphatic rings. The molecule has 0 fully saturated rings. The lowest BCUT2D eigenvalue weighted by molar-refractivity contribution is 0.223. The van der Waals surface area contributed by atoms with Gasteiger partial charge in [-0.1, -0.05) is 18.2 Å². The third-order valence-corrected chi connectivity index (χ3v) is 3.84. The highest BCUT2D eigenvalue weighted by atomic mass is 127. The van der Waals surface area contributed by atoms with Crippen LogP contribution in [0.15, 0.2) is 47.5 Å². The van der Waals surface area contributed by atoms with Gasteiger partial charge in [-0.05, 0) is 25.1 Å². The number of halogens is 2. The van der Waals surface area contributed by atoms with Gasteiger partial charge in [0, 0.05) is 25.2 Å². The highest BCUT2D eigenvalue weighted by Crippen LogP contribution is 2.30. The minimum Gasteiger partial charge on any atom is -0.493 e.